The summed E-state index contributed by atoms with van der Waals surface area (Å²) in [7, 11) is 1.61. The Morgan fingerprint density at radius 1 is 1.20 bits per heavy atom. The fourth-order valence-corrected chi connectivity index (χ4v) is 4.52. The zero-order valence-corrected chi connectivity index (χ0v) is 17.0. The Hall–Kier alpha value is -3.33. The number of nitrogens with zero attached hydrogens (tertiary/aromatic N) is 2. The maximum absolute atomic E-state index is 12.8. The summed E-state index contributed by atoms with van der Waals surface area (Å²) < 4.78 is 17.3. The van der Waals surface area contributed by atoms with Crippen LogP contribution < -0.4 is 24.4 Å². The van der Waals surface area contributed by atoms with Crippen molar-refractivity contribution < 1.29 is 23.8 Å². The molecule has 1 saturated heterocycles. The maximum Gasteiger partial charge on any atom is 0.231 e. The molecule has 2 amide bonds. The van der Waals surface area contributed by atoms with Gasteiger partial charge >= 0.3 is 0 Å². The minimum absolute atomic E-state index is 0.0964. The van der Waals surface area contributed by atoms with E-state index in [2.05, 4.69) is 10.3 Å². The third kappa shape index (κ3) is 3.41. The number of benzene rings is 2. The third-order valence-corrected chi connectivity index (χ3v) is 6.09. The van der Waals surface area contributed by atoms with Crippen molar-refractivity contribution in [3.63, 3.8) is 0 Å². The number of ether oxygens (including phenoxy) is 3. The first kappa shape index (κ1) is 18.7. The lowest BCUT2D eigenvalue weighted by atomic mass is 10.1. The molecule has 0 saturated carbocycles. The lowest BCUT2D eigenvalue weighted by Gasteiger charge is -2.22. The molecule has 0 spiro atoms. The minimum atomic E-state index is -0.452. The second kappa shape index (κ2) is 7.49. The van der Waals surface area contributed by atoms with Gasteiger partial charge < -0.3 is 24.4 Å². The van der Waals surface area contributed by atoms with E-state index in [1.54, 1.807) is 24.1 Å². The SMILES string of the molecule is COc1ccc2nc(NC(=O)C3CC(=O)N(c4ccc5c(c4)OCCO5)C3)sc2c1. The van der Waals surface area contributed by atoms with Gasteiger partial charge in [0.05, 0.1) is 23.2 Å². The van der Waals surface area contributed by atoms with Gasteiger partial charge in [0.25, 0.3) is 0 Å². The predicted octanol–water partition coefficient (Wildman–Crippen LogP) is 3.07. The summed E-state index contributed by atoms with van der Waals surface area (Å²) in [6, 6.07) is 10.9. The van der Waals surface area contributed by atoms with Gasteiger partial charge in [0.15, 0.2) is 16.6 Å². The highest BCUT2D eigenvalue weighted by Gasteiger charge is 2.36. The molecular weight excluding hydrogens is 406 g/mol. The summed E-state index contributed by atoms with van der Waals surface area (Å²) in [5.74, 6) is 1.26. The van der Waals surface area contributed by atoms with Crippen LogP contribution in [0.4, 0.5) is 10.8 Å². The van der Waals surface area contributed by atoms with Crippen LogP contribution in [0.3, 0.4) is 0 Å². The topological polar surface area (TPSA) is 90.0 Å². The van der Waals surface area contributed by atoms with Crippen LogP contribution in [0.25, 0.3) is 10.2 Å². The molecule has 2 aromatic carbocycles. The van der Waals surface area contributed by atoms with Crippen LogP contribution in [0.2, 0.25) is 0 Å². The zero-order chi connectivity index (χ0) is 20.7. The molecule has 2 aliphatic rings. The predicted molar refractivity (Wildman–Crippen MR) is 113 cm³/mol. The fourth-order valence-electron chi connectivity index (χ4n) is 3.63. The van der Waals surface area contributed by atoms with E-state index in [0.717, 1.165) is 16.0 Å². The summed E-state index contributed by atoms with van der Waals surface area (Å²) in [6.45, 7) is 1.29. The van der Waals surface area contributed by atoms with Gasteiger partial charge in [0.2, 0.25) is 11.8 Å². The van der Waals surface area contributed by atoms with E-state index in [0.29, 0.717) is 42.1 Å². The molecule has 0 bridgehead atoms. The maximum atomic E-state index is 12.8. The van der Waals surface area contributed by atoms with Crippen LogP contribution in [-0.2, 0) is 9.59 Å². The lowest BCUT2D eigenvalue weighted by Crippen LogP contribution is -2.28. The van der Waals surface area contributed by atoms with E-state index < -0.39 is 5.92 Å². The largest absolute Gasteiger partial charge is 0.497 e. The first-order chi connectivity index (χ1) is 14.6. The molecule has 3 aromatic rings. The molecule has 1 aromatic heterocycles. The van der Waals surface area contributed by atoms with Crippen LogP contribution in [0.15, 0.2) is 36.4 Å². The van der Waals surface area contributed by atoms with Crippen LogP contribution in [0.5, 0.6) is 17.2 Å². The Kier molecular flexibility index (Phi) is 4.66. The number of methoxy groups -OCH3 is 1. The molecule has 3 heterocycles. The summed E-state index contributed by atoms with van der Waals surface area (Å²) in [6.07, 6.45) is 0.152. The van der Waals surface area contributed by atoms with Crippen molar-refractivity contribution in [2.75, 3.05) is 37.1 Å². The highest BCUT2D eigenvalue weighted by Crippen LogP contribution is 2.36. The van der Waals surface area contributed by atoms with Crippen LogP contribution in [0, 0.1) is 5.92 Å². The number of carbonyl (C=O) groups excluding carboxylic acids is 2. The second-order valence-corrected chi connectivity index (χ2v) is 8.11. The number of hydrogen-bond acceptors (Lipinski definition) is 7. The summed E-state index contributed by atoms with van der Waals surface area (Å²) in [5.41, 5.74) is 1.49. The van der Waals surface area contributed by atoms with E-state index in [4.69, 9.17) is 14.2 Å². The number of hydrogen-bond donors (Lipinski definition) is 1. The van der Waals surface area contributed by atoms with Gasteiger partial charge in [-0.3, -0.25) is 9.59 Å². The van der Waals surface area contributed by atoms with Crippen molar-refractivity contribution in [3.8, 4) is 17.2 Å². The number of thiazole rings is 1. The van der Waals surface area contributed by atoms with Crippen molar-refractivity contribution in [1.82, 2.24) is 4.98 Å². The molecule has 1 unspecified atom stereocenters. The number of anilines is 2. The van der Waals surface area contributed by atoms with Crippen LogP contribution in [-0.4, -0.2) is 43.7 Å². The molecule has 1 fully saturated rings. The number of fused-ring (bicyclic) bond motifs is 2. The van der Waals surface area contributed by atoms with Crippen LogP contribution in [0.1, 0.15) is 6.42 Å². The fraction of sp³-hybridized carbons (Fsp3) is 0.286. The van der Waals surface area contributed by atoms with Crippen molar-refractivity contribution >= 4 is 44.2 Å². The van der Waals surface area contributed by atoms with Gasteiger partial charge in [-0.2, -0.15) is 0 Å². The van der Waals surface area contributed by atoms with Gasteiger partial charge in [0, 0.05) is 24.7 Å². The molecule has 1 atom stereocenters. The van der Waals surface area contributed by atoms with Gasteiger partial charge in [-0.05, 0) is 30.3 Å². The second-order valence-electron chi connectivity index (χ2n) is 7.08. The standard InChI is InChI=1S/C21H19N3O5S/c1-27-14-3-4-15-18(10-14)30-21(22-15)23-20(26)12-8-19(25)24(11-12)13-2-5-16-17(9-13)29-7-6-28-16/h2-5,9-10,12H,6-8,11H2,1H3,(H,22,23,26). The highest BCUT2D eigenvalue weighted by molar-refractivity contribution is 7.22. The van der Waals surface area contributed by atoms with Crippen LogP contribution >= 0.6 is 11.3 Å². The van der Waals surface area contributed by atoms with Crippen molar-refractivity contribution in [3.05, 3.63) is 36.4 Å². The quantitative estimate of drug-likeness (QED) is 0.691. The molecule has 0 aliphatic carbocycles. The molecular formula is C21H19N3O5S. The molecule has 5 rings (SSSR count). The normalized spacial score (nSPS) is 18.0. The van der Waals surface area contributed by atoms with Gasteiger partial charge in [-0.25, -0.2) is 4.98 Å². The smallest absolute Gasteiger partial charge is 0.231 e. The molecule has 9 heteroatoms. The number of amides is 2. The number of aromatic nitrogens is 1. The van der Waals surface area contributed by atoms with Crippen molar-refractivity contribution in [1.29, 1.82) is 0 Å². The van der Waals surface area contributed by atoms with Crippen molar-refractivity contribution in [2.45, 2.75) is 6.42 Å². The molecule has 2 aliphatic heterocycles. The van der Waals surface area contributed by atoms with E-state index in [1.165, 1.54) is 11.3 Å². The summed E-state index contributed by atoms with van der Waals surface area (Å²) >= 11 is 1.38. The molecule has 30 heavy (non-hydrogen) atoms. The van der Waals surface area contributed by atoms with Gasteiger partial charge in [-0.15, -0.1) is 0 Å². The highest BCUT2D eigenvalue weighted by atomic mass is 32.1. The van der Waals surface area contributed by atoms with E-state index in [1.807, 2.05) is 24.3 Å². The zero-order valence-electron chi connectivity index (χ0n) is 16.2. The average Bonchev–Trinajstić information content (AvgIpc) is 3.35. The van der Waals surface area contributed by atoms with E-state index >= 15 is 0 Å². The van der Waals surface area contributed by atoms with Gasteiger partial charge in [-0.1, -0.05) is 11.3 Å². The van der Waals surface area contributed by atoms with E-state index in [9.17, 15) is 9.59 Å². The van der Waals surface area contributed by atoms with E-state index in [-0.39, 0.29) is 18.2 Å². The molecule has 8 nitrogen and oxygen atoms in total. The molecule has 0 radical (unpaired) electrons. The Morgan fingerprint density at radius 3 is 2.87 bits per heavy atom. The number of carbonyl (C=O) groups is 2. The average molecular weight is 425 g/mol. The monoisotopic (exact) mass is 425 g/mol. The minimum Gasteiger partial charge on any atom is -0.497 e. The lowest BCUT2D eigenvalue weighted by molar-refractivity contribution is -0.122. The first-order valence-corrected chi connectivity index (χ1v) is 10.4. The number of rotatable bonds is 4. The third-order valence-electron chi connectivity index (χ3n) is 5.16. The Bertz CT molecular complexity index is 1140. The first-order valence-electron chi connectivity index (χ1n) is 9.56. The molecule has 1 N–H and O–H groups in total. The molecule has 154 valence electrons. The Morgan fingerprint density at radius 2 is 2.03 bits per heavy atom. The summed E-state index contributed by atoms with van der Waals surface area (Å²) in [4.78, 5) is 31.4. The van der Waals surface area contributed by atoms with Crippen molar-refractivity contribution in [2.24, 2.45) is 5.92 Å². The Balaban J connectivity index is 1.30. The summed E-state index contributed by atoms with van der Waals surface area (Å²) in [5, 5.41) is 3.37. The van der Waals surface area contributed by atoms with Gasteiger partial charge in [0.1, 0.15) is 19.0 Å². The number of nitrogens with one attached hydrogen (secondary N) is 1. The Labute approximate surface area is 176 Å².